The molecule has 180 valence electrons. The first kappa shape index (κ1) is 27.7. The first-order chi connectivity index (χ1) is 14.2. The summed E-state index contributed by atoms with van der Waals surface area (Å²) in [7, 11) is 3.32. The number of rotatable bonds is 8. The third-order valence-corrected chi connectivity index (χ3v) is 5.23. The maximum atomic E-state index is 12.8. The summed E-state index contributed by atoms with van der Waals surface area (Å²) >= 11 is 0. The number of likely N-dealkylation sites (tertiary alicyclic amines) is 1. The van der Waals surface area contributed by atoms with E-state index in [0.717, 1.165) is 32.5 Å². The Morgan fingerprint density at radius 2 is 1.77 bits per heavy atom. The highest BCUT2D eigenvalue weighted by atomic mass is 127. The highest BCUT2D eigenvalue weighted by molar-refractivity contribution is 14.0. The van der Waals surface area contributed by atoms with E-state index in [9.17, 15) is 9.59 Å². The SMILES string of the molecule is CN=C(NCC(=O)NCCOC)N1CCC(N(CC2CC2)C(=O)OC(C)(C)C)CC1.I. The summed E-state index contributed by atoms with van der Waals surface area (Å²) in [6, 6.07) is 0.173. The molecule has 0 aromatic rings. The molecule has 2 N–H and O–H groups in total. The van der Waals surface area contributed by atoms with Crippen LogP contribution in [0.4, 0.5) is 4.79 Å². The molecule has 0 atom stereocenters. The van der Waals surface area contributed by atoms with Crippen molar-refractivity contribution in [2.24, 2.45) is 10.9 Å². The Bertz CT molecular complexity index is 599. The standard InChI is InChI=1S/C21H39N5O4.HI/c1-21(2,3)30-20(28)26(15-16-6-7-16)17-8-11-25(12-9-17)19(22-4)24-14-18(27)23-10-13-29-5;/h16-17H,6-15H2,1-5H3,(H,22,24)(H,23,27);1H. The second-order valence-electron chi connectivity index (χ2n) is 9.04. The zero-order valence-electron chi connectivity index (χ0n) is 19.6. The van der Waals surface area contributed by atoms with Gasteiger partial charge in [-0.15, -0.1) is 24.0 Å². The Morgan fingerprint density at radius 3 is 2.29 bits per heavy atom. The zero-order chi connectivity index (χ0) is 22.1. The lowest BCUT2D eigenvalue weighted by Gasteiger charge is -2.40. The van der Waals surface area contributed by atoms with Crippen molar-refractivity contribution in [3.05, 3.63) is 0 Å². The van der Waals surface area contributed by atoms with Crippen molar-refractivity contribution in [2.75, 3.05) is 53.5 Å². The molecule has 1 saturated heterocycles. The van der Waals surface area contributed by atoms with Crippen LogP contribution in [0.2, 0.25) is 0 Å². The second kappa shape index (κ2) is 13.3. The largest absolute Gasteiger partial charge is 0.444 e. The van der Waals surface area contributed by atoms with Gasteiger partial charge in [-0.3, -0.25) is 9.79 Å². The van der Waals surface area contributed by atoms with Gasteiger partial charge in [-0.25, -0.2) is 4.79 Å². The molecule has 2 fully saturated rings. The number of hydrogen-bond acceptors (Lipinski definition) is 5. The minimum atomic E-state index is -0.491. The van der Waals surface area contributed by atoms with Crippen LogP contribution < -0.4 is 10.6 Å². The molecular weight excluding hydrogens is 513 g/mol. The van der Waals surface area contributed by atoms with Crippen molar-refractivity contribution in [3.63, 3.8) is 0 Å². The third kappa shape index (κ3) is 10.2. The number of carbonyl (C=O) groups excluding carboxylic acids is 2. The molecule has 2 aliphatic rings. The average Bonchev–Trinajstić information content (AvgIpc) is 3.50. The molecule has 1 heterocycles. The van der Waals surface area contributed by atoms with Crippen LogP contribution >= 0.6 is 24.0 Å². The van der Waals surface area contributed by atoms with Gasteiger partial charge in [0.1, 0.15) is 5.60 Å². The van der Waals surface area contributed by atoms with E-state index < -0.39 is 5.60 Å². The predicted molar refractivity (Wildman–Crippen MR) is 132 cm³/mol. The molecule has 1 aliphatic carbocycles. The number of carbonyl (C=O) groups is 2. The summed E-state index contributed by atoms with van der Waals surface area (Å²) in [5, 5.41) is 5.91. The van der Waals surface area contributed by atoms with Crippen molar-refractivity contribution < 1.29 is 19.1 Å². The van der Waals surface area contributed by atoms with E-state index in [1.165, 1.54) is 12.8 Å². The minimum Gasteiger partial charge on any atom is -0.444 e. The Hall–Kier alpha value is -1.30. The van der Waals surface area contributed by atoms with Crippen LogP contribution in [0.15, 0.2) is 4.99 Å². The Kier molecular flexibility index (Phi) is 11.9. The van der Waals surface area contributed by atoms with Gasteiger partial charge in [0.25, 0.3) is 0 Å². The Labute approximate surface area is 203 Å². The van der Waals surface area contributed by atoms with E-state index in [1.54, 1.807) is 14.2 Å². The number of aliphatic imine (C=N–C) groups is 1. The Morgan fingerprint density at radius 1 is 1.13 bits per heavy atom. The normalized spacial score (nSPS) is 17.6. The van der Waals surface area contributed by atoms with Gasteiger partial charge < -0.3 is 29.9 Å². The fraction of sp³-hybridized carbons (Fsp3) is 0.857. The number of hydrogen-bond donors (Lipinski definition) is 2. The summed E-state index contributed by atoms with van der Waals surface area (Å²) < 4.78 is 10.6. The monoisotopic (exact) mass is 553 g/mol. The number of nitrogens with zero attached hydrogens (tertiary/aromatic N) is 3. The number of guanidine groups is 1. The first-order valence-corrected chi connectivity index (χ1v) is 10.9. The van der Waals surface area contributed by atoms with Crippen LogP contribution in [0.3, 0.4) is 0 Å². The van der Waals surface area contributed by atoms with E-state index in [2.05, 4.69) is 20.5 Å². The lowest BCUT2D eigenvalue weighted by atomic mass is 10.0. The van der Waals surface area contributed by atoms with Crippen molar-refractivity contribution in [2.45, 2.75) is 58.1 Å². The topological polar surface area (TPSA) is 95.5 Å². The minimum absolute atomic E-state index is 0. The van der Waals surface area contributed by atoms with E-state index in [1.807, 2.05) is 25.7 Å². The van der Waals surface area contributed by atoms with Crippen molar-refractivity contribution in [1.82, 2.24) is 20.4 Å². The van der Waals surface area contributed by atoms with Crippen LogP contribution in [-0.4, -0.2) is 92.9 Å². The number of piperidine rings is 1. The predicted octanol–water partition coefficient (Wildman–Crippen LogP) is 2.05. The van der Waals surface area contributed by atoms with Gasteiger partial charge in [0.15, 0.2) is 5.96 Å². The van der Waals surface area contributed by atoms with E-state index in [-0.39, 0.29) is 48.6 Å². The smallest absolute Gasteiger partial charge is 0.410 e. The van der Waals surface area contributed by atoms with E-state index >= 15 is 0 Å². The van der Waals surface area contributed by atoms with Crippen LogP contribution in [0.25, 0.3) is 0 Å². The van der Waals surface area contributed by atoms with E-state index in [0.29, 0.717) is 25.0 Å². The molecule has 31 heavy (non-hydrogen) atoms. The fourth-order valence-electron chi connectivity index (χ4n) is 3.51. The molecule has 10 heteroatoms. The van der Waals surface area contributed by atoms with Crippen LogP contribution in [0.5, 0.6) is 0 Å². The van der Waals surface area contributed by atoms with Crippen molar-refractivity contribution in [1.29, 1.82) is 0 Å². The Balaban J connectivity index is 0.00000480. The number of nitrogens with one attached hydrogen (secondary N) is 2. The summed E-state index contributed by atoms with van der Waals surface area (Å²) in [6.07, 6.45) is 3.89. The van der Waals surface area contributed by atoms with Gasteiger partial charge in [-0.1, -0.05) is 0 Å². The molecular formula is C21H40IN5O4. The maximum absolute atomic E-state index is 12.8. The van der Waals surface area contributed by atoms with Gasteiger partial charge in [0.05, 0.1) is 13.2 Å². The quantitative estimate of drug-likeness (QED) is 0.207. The molecule has 0 spiro atoms. The number of ether oxygens (including phenoxy) is 2. The van der Waals surface area contributed by atoms with Gasteiger partial charge in [0.2, 0.25) is 5.91 Å². The van der Waals surface area contributed by atoms with Gasteiger partial charge in [-0.05, 0) is 52.4 Å². The molecule has 0 radical (unpaired) electrons. The van der Waals surface area contributed by atoms with Gasteiger partial charge in [-0.2, -0.15) is 0 Å². The highest BCUT2D eigenvalue weighted by Gasteiger charge is 2.35. The highest BCUT2D eigenvalue weighted by Crippen LogP contribution is 2.32. The summed E-state index contributed by atoms with van der Waals surface area (Å²) in [5.41, 5.74) is -0.491. The fourth-order valence-corrected chi connectivity index (χ4v) is 3.51. The van der Waals surface area contributed by atoms with Crippen LogP contribution in [-0.2, 0) is 14.3 Å². The number of amides is 2. The maximum Gasteiger partial charge on any atom is 0.410 e. The molecule has 0 unspecified atom stereocenters. The third-order valence-electron chi connectivity index (χ3n) is 5.23. The zero-order valence-corrected chi connectivity index (χ0v) is 21.9. The van der Waals surface area contributed by atoms with Crippen LogP contribution in [0, 0.1) is 5.92 Å². The summed E-state index contributed by atoms with van der Waals surface area (Å²) in [4.78, 5) is 33.1. The lowest BCUT2D eigenvalue weighted by molar-refractivity contribution is -0.120. The van der Waals surface area contributed by atoms with Gasteiger partial charge in [0, 0.05) is 46.4 Å². The molecule has 0 bridgehead atoms. The molecule has 2 amide bonds. The summed E-state index contributed by atoms with van der Waals surface area (Å²) in [5.74, 6) is 1.23. The van der Waals surface area contributed by atoms with Gasteiger partial charge >= 0.3 is 6.09 Å². The molecule has 0 aromatic heterocycles. The molecule has 1 saturated carbocycles. The molecule has 2 rings (SSSR count). The van der Waals surface area contributed by atoms with Crippen molar-refractivity contribution >= 4 is 41.9 Å². The molecule has 0 aromatic carbocycles. The number of methoxy groups -OCH3 is 1. The van der Waals surface area contributed by atoms with Crippen LogP contribution in [0.1, 0.15) is 46.5 Å². The molecule has 1 aliphatic heterocycles. The van der Waals surface area contributed by atoms with Crippen molar-refractivity contribution in [3.8, 4) is 0 Å². The summed E-state index contributed by atoms with van der Waals surface area (Å²) in [6.45, 7) is 9.21. The lowest BCUT2D eigenvalue weighted by Crippen LogP contribution is -2.53. The first-order valence-electron chi connectivity index (χ1n) is 10.9. The second-order valence-corrected chi connectivity index (χ2v) is 9.04. The number of halogens is 1. The molecule has 9 nitrogen and oxygen atoms in total. The van der Waals surface area contributed by atoms with E-state index in [4.69, 9.17) is 9.47 Å². The average molecular weight is 553 g/mol.